The Morgan fingerprint density at radius 2 is 0.747 bits per heavy atom. The Labute approximate surface area is 467 Å². The monoisotopic (exact) mass is 1080 g/mol. The molecule has 0 radical (unpaired) electrons. The van der Waals surface area contributed by atoms with Crippen LogP contribution in [0.4, 0.5) is 0 Å². The fraction of sp³-hybridized carbons (Fsp3) is 0.894. The van der Waals surface area contributed by atoms with E-state index < -0.39 is 26.6 Å². The number of unbranched alkanes of at least 4 members (excludes halogenated alkanes) is 44. The van der Waals surface area contributed by atoms with Gasteiger partial charge in [0, 0.05) is 6.42 Å². The molecule has 8 nitrogen and oxygen atoms in total. The van der Waals surface area contributed by atoms with Crippen molar-refractivity contribution in [2.45, 2.75) is 341 Å². The van der Waals surface area contributed by atoms with E-state index in [-0.39, 0.29) is 12.5 Å². The van der Waals surface area contributed by atoms with Crippen LogP contribution in [0.5, 0.6) is 0 Å². The molecule has 0 fully saturated rings. The molecule has 0 aromatic rings. The fourth-order valence-electron chi connectivity index (χ4n) is 9.93. The highest BCUT2D eigenvalue weighted by Crippen LogP contribution is 2.38. The number of rotatable bonds is 61. The largest absolute Gasteiger partial charge is 0.756 e. The number of amides is 1. The summed E-state index contributed by atoms with van der Waals surface area (Å²) in [6, 6.07) is -0.904. The molecular weight excluding hydrogens is 948 g/mol. The van der Waals surface area contributed by atoms with Crippen molar-refractivity contribution >= 4 is 13.7 Å². The summed E-state index contributed by atoms with van der Waals surface area (Å²) >= 11 is 0. The maximum Gasteiger partial charge on any atom is 0.268 e. The van der Waals surface area contributed by atoms with Crippen LogP contribution in [-0.2, 0) is 18.4 Å². The van der Waals surface area contributed by atoms with Gasteiger partial charge in [-0.15, -0.1) is 0 Å². The van der Waals surface area contributed by atoms with E-state index in [2.05, 4.69) is 43.5 Å². The van der Waals surface area contributed by atoms with E-state index in [0.29, 0.717) is 17.4 Å². The van der Waals surface area contributed by atoms with Gasteiger partial charge in [-0.05, 0) is 57.8 Å². The highest BCUT2D eigenvalue weighted by Gasteiger charge is 2.23. The van der Waals surface area contributed by atoms with Gasteiger partial charge in [0.2, 0.25) is 5.91 Å². The van der Waals surface area contributed by atoms with Crippen molar-refractivity contribution in [3.8, 4) is 0 Å². The van der Waals surface area contributed by atoms with Crippen molar-refractivity contribution in [3.63, 3.8) is 0 Å². The lowest BCUT2D eigenvalue weighted by molar-refractivity contribution is -0.870. The van der Waals surface area contributed by atoms with Gasteiger partial charge in [0.25, 0.3) is 7.82 Å². The molecule has 3 atom stereocenters. The number of carbonyl (C=O) groups excluding carboxylic acids is 1. The zero-order valence-corrected chi connectivity index (χ0v) is 51.7. The minimum atomic E-state index is -4.61. The number of nitrogens with one attached hydrogen (secondary N) is 1. The summed E-state index contributed by atoms with van der Waals surface area (Å²) in [5, 5.41) is 13.9. The highest BCUT2D eigenvalue weighted by molar-refractivity contribution is 7.45. The van der Waals surface area contributed by atoms with Crippen LogP contribution in [0.3, 0.4) is 0 Å². The van der Waals surface area contributed by atoms with E-state index in [0.717, 1.165) is 38.5 Å². The maximum atomic E-state index is 13.0. The molecule has 0 aromatic carbocycles. The maximum absolute atomic E-state index is 13.0. The van der Waals surface area contributed by atoms with Crippen molar-refractivity contribution in [2.24, 2.45) is 0 Å². The fourth-order valence-corrected chi connectivity index (χ4v) is 10.7. The quantitative estimate of drug-likeness (QED) is 0.0272. The smallest absolute Gasteiger partial charge is 0.268 e. The van der Waals surface area contributed by atoms with Gasteiger partial charge in [-0.2, -0.15) is 0 Å². The molecule has 3 unspecified atom stereocenters. The molecule has 0 saturated carbocycles. The first-order valence-electron chi connectivity index (χ1n) is 32.9. The molecule has 444 valence electrons. The van der Waals surface area contributed by atoms with Crippen LogP contribution >= 0.6 is 7.82 Å². The number of phosphoric ester groups is 1. The average Bonchev–Trinajstić information content (AvgIpc) is 3.37. The van der Waals surface area contributed by atoms with E-state index in [4.69, 9.17) is 9.05 Å². The third-order valence-electron chi connectivity index (χ3n) is 15.1. The first-order chi connectivity index (χ1) is 36.5. The summed E-state index contributed by atoms with van der Waals surface area (Å²) in [5.74, 6) is -0.203. The van der Waals surface area contributed by atoms with Crippen molar-refractivity contribution in [1.29, 1.82) is 0 Å². The Bertz CT molecular complexity index is 1320. The molecular formula is C66H129N2O6P. The molecule has 0 bridgehead atoms. The number of aliphatic hydroxyl groups is 1. The lowest BCUT2D eigenvalue weighted by Gasteiger charge is -2.29. The Morgan fingerprint density at radius 1 is 0.453 bits per heavy atom. The molecule has 0 spiro atoms. The summed E-state index contributed by atoms with van der Waals surface area (Å²) in [6.45, 7) is 4.68. The van der Waals surface area contributed by atoms with Gasteiger partial charge in [-0.25, -0.2) is 0 Å². The van der Waals surface area contributed by atoms with E-state index in [1.807, 2.05) is 27.2 Å². The van der Waals surface area contributed by atoms with Crippen LogP contribution in [-0.4, -0.2) is 68.5 Å². The molecule has 9 heteroatoms. The zero-order valence-electron chi connectivity index (χ0n) is 50.8. The third-order valence-corrected chi connectivity index (χ3v) is 16.0. The van der Waals surface area contributed by atoms with Gasteiger partial charge in [-0.3, -0.25) is 9.36 Å². The summed E-state index contributed by atoms with van der Waals surface area (Å²) in [5.41, 5.74) is 0. The first kappa shape index (κ1) is 73.7. The topological polar surface area (TPSA) is 108 Å². The Hall–Kier alpha value is -1.28. The molecule has 0 aliphatic rings. The number of quaternary nitrogens is 1. The number of likely N-dealkylation sites (N-methyl/N-ethyl adjacent to an activating group) is 1. The summed E-state index contributed by atoms with van der Waals surface area (Å²) in [6.07, 6.45) is 75.4. The predicted molar refractivity (Wildman–Crippen MR) is 325 cm³/mol. The van der Waals surface area contributed by atoms with Gasteiger partial charge in [-0.1, -0.05) is 301 Å². The van der Waals surface area contributed by atoms with Gasteiger partial charge in [0.15, 0.2) is 0 Å². The summed E-state index contributed by atoms with van der Waals surface area (Å²) in [7, 11) is 1.25. The molecule has 0 aliphatic carbocycles. The number of hydrogen-bond acceptors (Lipinski definition) is 6. The Kier molecular flexibility index (Phi) is 56.4. The van der Waals surface area contributed by atoms with Crippen LogP contribution in [0, 0.1) is 0 Å². The van der Waals surface area contributed by atoms with E-state index in [1.54, 1.807) is 6.08 Å². The number of hydrogen-bond donors (Lipinski definition) is 2. The van der Waals surface area contributed by atoms with Gasteiger partial charge in [0.1, 0.15) is 13.2 Å². The Balaban J connectivity index is 4.13. The van der Waals surface area contributed by atoms with Gasteiger partial charge >= 0.3 is 0 Å². The second-order valence-electron chi connectivity index (χ2n) is 23.8. The van der Waals surface area contributed by atoms with Gasteiger partial charge < -0.3 is 28.8 Å². The minimum Gasteiger partial charge on any atom is -0.756 e. The summed E-state index contributed by atoms with van der Waals surface area (Å²) < 4.78 is 23.4. The standard InChI is InChI=1S/C66H129N2O6P/c1-6-8-10-12-14-16-18-20-22-24-26-28-30-31-32-33-34-35-36-38-39-41-43-45-47-49-51-53-55-57-59-65(69)64(63-74-75(71,72)73-62-61-68(3,4)5)67-66(70)60-58-56-54-52-50-48-46-44-42-40-37-29-27-25-23-21-19-17-15-13-11-9-7-2/h25,27,49,51,57,59,64-65,69H,6-24,26,28-48,50,52-56,58,60-63H2,1-5H3,(H-,67,70,71,72)/b27-25-,51-49+,59-57+. The average molecular weight is 1080 g/mol. The van der Waals surface area contributed by atoms with Crippen LogP contribution in [0.25, 0.3) is 0 Å². The molecule has 1 amide bonds. The third kappa shape index (κ3) is 60.2. The molecule has 2 N–H and O–H groups in total. The number of allylic oxidation sites excluding steroid dienone is 5. The lowest BCUT2D eigenvalue weighted by atomic mass is 10.0. The Morgan fingerprint density at radius 3 is 1.08 bits per heavy atom. The molecule has 0 rings (SSSR count). The second kappa shape index (κ2) is 57.4. The minimum absolute atomic E-state index is 0.00547. The lowest BCUT2D eigenvalue weighted by Crippen LogP contribution is -2.45. The molecule has 0 heterocycles. The number of carbonyl (C=O) groups is 1. The van der Waals surface area contributed by atoms with Gasteiger partial charge in [0.05, 0.1) is 39.9 Å². The molecule has 0 aliphatic heterocycles. The van der Waals surface area contributed by atoms with E-state index in [1.165, 1.54) is 270 Å². The highest BCUT2D eigenvalue weighted by atomic mass is 31.2. The van der Waals surface area contributed by atoms with Crippen molar-refractivity contribution < 1.29 is 32.9 Å². The normalized spacial score (nSPS) is 14.0. The molecule has 0 aromatic heterocycles. The first-order valence-corrected chi connectivity index (χ1v) is 34.3. The van der Waals surface area contributed by atoms with Crippen LogP contribution in [0.2, 0.25) is 0 Å². The van der Waals surface area contributed by atoms with Crippen molar-refractivity contribution in [2.75, 3.05) is 40.9 Å². The zero-order chi connectivity index (χ0) is 54.9. The van der Waals surface area contributed by atoms with Crippen molar-refractivity contribution in [1.82, 2.24) is 5.32 Å². The number of nitrogens with zero attached hydrogens (tertiary/aromatic N) is 1. The number of phosphoric acid groups is 1. The second-order valence-corrected chi connectivity index (χ2v) is 25.2. The van der Waals surface area contributed by atoms with Crippen molar-refractivity contribution in [3.05, 3.63) is 36.5 Å². The van der Waals surface area contributed by atoms with E-state index >= 15 is 0 Å². The molecule has 0 saturated heterocycles. The van der Waals surface area contributed by atoms with Crippen LogP contribution < -0.4 is 10.2 Å². The summed E-state index contributed by atoms with van der Waals surface area (Å²) in [4.78, 5) is 25.6. The SMILES string of the molecule is CCCCCCCCCC/C=C\CCCCCCCCCCCCCC(=O)NC(COP(=O)([O-])OCC[N+](C)(C)C)C(O)/C=C/CC/C=C/CCCCCCCCCCCCCCCCCCCCCCCCCC. The number of aliphatic hydroxyl groups excluding tert-OH is 1. The van der Waals surface area contributed by atoms with Crippen LogP contribution in [0.15, 0.2) is 36.5 Å². The van der Waals surface area contributed by atoms with Crippen LogP contribution in [0.1, 0.15) is 328 Å². The predicted octanol–water partition coefficient (Wildman–Crippen LogP) is 19.9. The van der Waals surface area contributed by atoms with E-state index in [9.17, 15) is 19.4 Å². The molecule has 75 heavy (non-hydrogen) atoms.